The van der Waals surface area contributed by atoms with Crippen LogP contribution in [-0.2, 0) is 4.74 Å². The van der Waals surface area contributed by atoms with E-state index >= 15 is 0 Å². The van der Waals surface area contributed by atoms with Gasteiger partial charge in [0.15, 0.2) is 17.3 Å². The monoisotopic (exact) mass is 420 g/mol. The fourth-order valence-corrected chi connectivity index (χ4v) is 3.90. The Labute approximate surface area is 169 Å². The third-order valence-corrected chi connectivity index (χ3v) is 5.42. The molecule has 1 saturated heterocycles. The molecule has 160 valence electrons. The van der Waals surface area contributed by atoms with E-state index < -0.39 is 59.5 Å². The molecule has 2 aliphatic heterocycles. The van der Waals surface area contributed by atoms with Crippen LogP contribution in [0, 0.1) is 5.92 Å². The predicted molar refractivity (Wildman–Crippen MR) is 98.5 cm³/mol. The molecule has 1 fully saturated rings. The zero-order valence-corrected chi connectivity index (χ0v) is 15.4. The van der Waals surface area contributed by atoms with E-state index in [-0.39, 0.29) is 29.2 Å². The topological polar surface area (TPSA) is 177 Å². The van der Waals surface area contributed by atoms with E-state index in [0.29, 0.717) is 0 Å². The number of fused-ring (bicyclic) bond motifs is 1. The number of Topliss-reactive ketones (excluding diaryl/α,β-unsaturated/α-hetero) is 1. The lowest BCUT2D eigenvalue weighted by Gasteiger charge is -2.43. The lowest BCUT2D eigenvalue weighted by Crippen LogP contribution is -2.58. The number of hydrogen-bond acceptors (Lipinski definition) is 10. The third-order valence-electron chi connectivity index (χ3n) is 5.42. The highest BCUT2D eigenvalue weighted by molar-refractivity contribution is 6.04. The highest BCUT2D eigenvalue weighted by Crippen LogP contribution is 2.47. The van der Waals surface area contributed by atoms with Gasteiger partial charge in [-0.1, -0.05) is 6.07 Å². The van der Waals surface area contributed by atoms with E-state index in [1.54, 1.807) is 0 Å². The van der Waals surface area contributed by atoms with Crippen LogP contribution in [0.4, 0.5) is 0 Å². The van der Waals surface area contributed by atoms with E-state index in [2.05, 4.69) is 0 Å². The summed E-state index contributed by atoms with van der Waals surface area (Å²) in [5.41, 5.74) is -0.0120. The van der Waals surface area contributed by atoms with Crippen LogP contribution in [0.5, 0.6) is 28.7 Å². The lowest BCUT2D eigenvalue weighted by molar-refractivity contribution is -0.203. The van der Waals surface area contributed by atoms with Gasteiger partial charge in [0.1, 0.15) is 53.3 Å². The van der Waals surface area contributed by atoms with Gasteiger partial charge >= 0.3 is 0 Å². The molecule has 2 aromatic rings. The van der Waals surface area contributed by atoms with Gasteiger partial charge in [-0.25, -0.2) is 0 Å². The second-order valence-corrected chi connectivity index (χ2v) is 7.36. The third kappa shape index (κ3) is 3.19. The molecular weight excluding hydrogens is 400 g/mol. The Hall–Kier alpha value is -3.05. The largest absolute Gasteiger partial charge is 0.508 e. The highest BCUT2D eigenvalue weighted by atomic mass is 16.5. The van der Waals surface area contributed by atoms with Gasteiger partial charge < -0.3 is 45.2 Å². The molecule has 7 N–H and O–H groups in total. The number of aliphatic hydroxyl groups excluding tert-OH is 3. The standard InChI is InChI=1S/C20H20O10/c21-8-4-11(24)14-13(5-8)30-19(7-1-2-9(22)10(23)3-7)15(17(14)27)20-18(28)16(26)12(25)6-29-20/h1-5,12,15-16,18-26,28H,6H2/t12-,15-,16+,18+,19-,20+/m1/s1. The first kappa shape index (κ1) is 20.2. The molecule has 0 bridgehead atoms. The Balaban J connectivity index is 1.84. The van der Waals surface area contributed by atoms with Crippen molar-refractivity contribution in [3.05, 3.63) is 41.5 Å². The van der Waals surface area contributed by atoms with Gasteiger partial charge in [-0.3, -0.25) is 4.79 Å². The summed E-state index contributed by atoms with van der Waals surface area (Å²) >= 11 is 0. The highest BCUT2D eigenvalue weighted by Gasteiger charge is 2.51. The lowest BCUT2D eigenvalue weighted by atomic mass is 9.77. The molecule has 4 rings (SSSR count). The molecule has 0 spiro atoms. The Morgan fingerprint density at radius 1 is 0.867 bits per heavy atom. The van der Waals surface area contributed by atoms with Crippen molar-refractivity contribution in [1.29, 1.82) is 0 Å². The second kappa shape index (κ2) is 7.33. The summed E-state index contributed by atoms with van der Waals surface area (Å²) in [4.78, 5) is 13.3. The summed E-state index contributed by atoms with van der Waals surface area (Å²) < 4.78 is 11.3. The summed E-state index contributed by atoms with van der Waals surface area (Å²) in [7, 11) is 0. The number of carbonyl (C=O) groups is 1. The Morgan fingerprint density at radius 3 is 2.30 bits per heavy atom. The van der Waals surface area contributed by atoms with Crippen molar-refractivity contribution in [2.45, 2.75) is 30.5 Å². The van der Waals surface area contributed by atoms with Crippen LogP contribution >= 0.6 is 0 Å². The number of phenols is 4. The Kier molecular flexibility index (Phi) is 4.94. The molecule has 6 atom stereocenters. The minimum absolute atomic E-state index is 0.128. The van der Waals surface area contributed by atoms with E-state index in [1.165, 1.54) is 12.1 Å². The summed E-state index contributed by atoms with van der Waals surface area (Å²) in [5, 5.41) is 69.7. The van der Waals surface area contributed by atoms with Gasteiger partial charge in [-0.2, -0.15) is 0 Å². The van der Waals surface area contributed by atoms with E-state index in [0.717, 1.165) is 18.2 Å². The van der Waals surface area contributed by atoms with Crippen LogP contribution in [-0.4, -0.2) is 72.6 Å². The first-order valence-corrected chi connectivity index (χ1v) is 9.13. The average Bonchev–Trinajstić information content (AvgIpc) is 2.68. The number of hydrogen-bond donors (Lipinski definition) is 7. The summed E-state index contributed by atoms with van der Waals surface area (Å²) in [5.74, 6) is -3.89. The van der Waals surface area contributed by atoms with Crippen LogP contribution in [0.15, 0.2) is 30.3 Å². The molecular formula is C20H20O10. The fraction of sp³-hybridized carbons (Fsp3) is 0.350. The first-order chi connectivity index (χ1) is 14.2. The van der Waals surface area contributed by atoms with Crippen LogP contribution < -0.4 is 4.74 Å². The summed E-state index contributed by atoms with van der Waals surface area (Å²) in [6, 6.07) is 5.82. The SMILES string of the molecule is O=C1c2c(O)cc(O)cc2O[C@H](c2ccc(O)c(O)c2)[C@@H]1[C@@H]1OC[C@@H](O)[C@H](O)[C@@H]1O. The van der Waals surface area contributed by atoms with Crippen molar-refractivity contribution >= 4 is 5.78 Å². The van der Waals surface area contributed by atoms with Gasteiger partial charge in [-0.05, 0) is 17.7 Å². The Bertz CT molecular complexity index is 990. The molecule has 10 nitrogen and oxygen atoms in total. The molecule has 2 aliphatic rings. The zero-order chi connectivity index (χ0) is 21.7. The van der Waals surface area contributed by atoms with Gasteiger partial charge in [0.05, 0.1) is 12.5 Å². The summed E-state index contributed by atoms with van der Waals surface area (Å²) in [6.07, 6.45) is -7.09. The van der Waals surface area contributed by atoms with Gasteiger partial charge in [0, 0.05) is 12.1 Å². The van der Waals surface area contributed by atoms with E-state index in [9.17, 15) is 40.5 Å². The fourth-order valence-electron chi connectivity index (χ4n) is 3.90. The van der Waals surface area contributed by atoms with Gasteiger partial charge in [-0.15, -0.1) is 0 Å². The summed E-state index contributed by atoms with van der Waals surface area (Å²) in [6.45, 7) is -0.353. The zero-order valence-electron chi connectivity index (χ0n) is 15.4. The number of benzene rings is 2. The predicted octanol–water partition coefficient (Wildman–Crippen LogP) is -0.0769. The first-order valence-electron chi connectivity index (χ1n) is 9.13. The minimum atomic E-state index is -1.65. The van der Waals surface area contributed by atoms with Crippen molar-refractivity contribution in [2.75, 3.05) is 6.61 Å². The number of ether oxygens (including phenoxy) is 2. The maximum absolute atomic E-state index is 13.3. The van der Waals surface area contributed by atoms with Crippen molar-refractivity contribution in [2.24, 2.45) is 5.92 Å². The average molecular weight is 420 g/mol. The second-order valence-electron chi connectivity index (χ2n) is 7.36. The smallest absolute Gasteiger partial charge is 0.180 e. The normalized spacial score (nSPS) is 31.1. The van der Waals surface area contributed by atoms with Crippen LogP contribution in [0.1, 0.15) is 22.0 Å². The molecule has 10 heteroatoms. The molecule has 0 radical (unpaired) electrons. The van der Waals surface area contributed by atoms with Crippen LogP contribution in [0.2, 0.25) is 0 Å². The number of ketones is 1. The van der Waals surface area contributed by atoms with Crippen molar-refractivity contribution < 1.29 is 50.0 Å². The number of phenolic OH excluding ortho intramolecular Hbond substituents is 4. The number of carbonyl (C=O) groups excluding carboxylic acids is 1. The molecule has 30 heavy (non-hydrogen) atoms. The molecule has 2 heterocycles. The van der Waals surface area contributed by atoms with Crippen molar-refractivity contribution in [3.8, 4) is 28.7 Å². The maximum Gasteiger partial charge on any atom is 0.180 e. The van der Waals surface area contributed by atoms with Crippen molar-refractivity contribution in [3.63, 3.8) is 0 Å². The van der Waals surface area contributed by atoms with Gasteiger partial charge in [0.2, 0.25) is 0 Å². The minimum Gasteiger partial charge on any atom is -0.508 e. The maximum atomic E-state index is 13.3. The molecule has 0 unspecified atom stereocenters. The number of rotatable bonds is 2. The molecule has 0 amide bonds. The van der Waals surface area contributed by atoms with Crippen LogP contribution in [0.25, 0.3) is 0 Å². The number of aliphatic hydroxyl groups is 3. The van der Waals surface area contributed by atoms with E-state index in [1.807, 2.05) is 0 Å². The van der Waals surface area contributed by atoms with Crippen LogP contribution in [0.3, 0.4) is 0 Å². The number of aromatic hydroxyl groups is 4. The molecule has 0 aromatic heterocycles. The quantitative estimate of drug-likeness (QED) is 0.325. The molecule has 0 saturated carbocycles. The molecule has 2 aromatic carbocycles. The van der Waals surface area contributed by atoms with Crippen molar-refractivity contribution in [1.82, 2.24) is 0 Å². The van der Waals surface area contributed by atoms with E-state index in [4.69, 9.17) is 9.47 Å². The Morgan fingerprint density at radius 2 is 1.60 bits per heavy atom. The van der Waals surface area contributed by atoms with Gasteiger partial charge in [0.25, 0.3) is 0 Å². The molecule has 0 aliphatic carbocycles.